The standard InChI is InChI=1S/C16H28N2O2/c1-12-14(6-10-20-12)15(19)18-13-5-9-17-16(11-13)7-3-2-4-8-16/h12-14,17H,2-11H2,1H3,(H,18,19). The summed E-state index contributed by atoms with van der Waals surface area (Å²) in [7, 11) is 0. The van der Waals surface area contributed by atoms with E-state index < -0.39 is 0 Å². The van der Waals surface area contributed by atoms with E-state index in [-0.39, 0.29) is 17.9 Å². The summed E-state index contributed by atoms with van der Waals surface area (Å²) in [5.74, 6) is 0.278. The normalized spacial score (nSPS) is 37.0. The van der Waals surface area contributed by atoms with Crippen molar-refractivity contribution in [3.8, 4) is 0 Å². The van der Waals surface area contributed by atoms with Crippen molar-refractivity contribution in [3.05, 3.63) is 0 Å². The lowest BCUT2D eigenvalue weighted by Crippen LogP contribution is -2.57. The quantitative estimate of drug-likeness (QED) is 0.813. The molecule has 114 valence electrons. The maximum atomic E-state index is 12.4. The monoisotopic (exact) mass is 280 g/mol. The zero-order valence-corrected chi connectivity index (χ0v) is 12.6. The van der Waals surface area contributed by atoms with Crippen LogP contribution in [0, 0.1) is 5.92 Å². The van der Waals surface area contributed by atoms with Gasteiger partial charge in [-0.15, -0.1) is 0 Å². The van der Waals surface area contributed by atoms with Crippen LogP contribution >= 0.6 is 0 Å². The number of hydrogen-bond acceptors (Lipinski definition) is 3. The molecular formula is C16H28N2O2. The van der Waals surface area contributed by atoms with Gasteiger partial charge in [0, 0.05) is 18.2 Å². The Morgan fingerprint density at radius 1 is 1.25 bits per heavy atom. The highest BCUT2D eigenvalue weighted by Gasteiger charge is 2.39. The summed E-state index contributed by atoms with van der Waals surface area (Å²) in [6, 6.07) is 0.356. The average Bonchev–Trinajstić information content (AvgIpc) is 2.86. The fraction of sp³-hybridized carbons (Fsp3) is 0.938. The minimum atomic E-state index is 0.0622. The highest BCUT2D eigenvalue weighted by molar-refractivity contribution is 5.79. The molecule has 2 N–H and O–H groups in total. The Kier molecular flexibility index (Phi) is 4.32. The van der Waals surface area contributed by atoms with Crippen molar-refractivity contribution >= 4 is 5.91 Å². The van der Waals surface area contributed by atoms with E-state index in [1.54, 1.807) is 0 Å². The third kappa shape index (κ3) is 3.01. The summed E-state index contributed by atoms with van der Waals surface area (Å²) >= 11 is 0. The van der Waals surface area contributed by atoms with Crippen molar-refractivity contribution in [2.45, 2.75) is 76.0 Å². The van der Waals surface area contributed by atoms with E-state index in [1.807, 2.05) is 6.92 Å². The van der Waals surface area contributed by atoms with Crippen LogP contribution in [0.25, 0.3) is 0 Å². The number of piperidine rings is 1. The van der Waals surface area contributed by atoms with Crippen LogP contribution in [0.2, 0.25) is 0 Å². The molecule has 3 unspecified atom stereocenters. The topological polar surface area (TPSA) is 50.4 Å². The molecule has 4 heteroatoms. The highest BCUT2D eigenvalue weighted by atomic mass is 16.5. The Labute approximate surface area is 122 Å². The van der Waals surface area contributed by atoms with E-state index in [0.717, 1.165) is 32.4 Å². The first-order chi connectivity index (χ1) is 9.69. The fourth-order valence-electron chi connectivity index (χ4n) is 4.27. The molecule has 3 fully saturated rings. The molecule has 0 aromatic carbocycles. The van der Waals surface area contributed by atoms with Crippen molar-refractivity contribution in [2.75, 3.05) is 13.2 Å². The Morgan fingerprint density at radius 2 is 2.05 bits per heavy atom. The molecule has 20 heavy (non-hydrogen) atoms. The second-order valence-electron chi connectivity index (χ2n) is 6.94. The molecule has 3 rings (SSSR count). The van der Waals surface area contributed by atoms with E-state index in [2.05, 4.69) is 10.6 Å². The molecular weight excluding hydrogens is 252 g/mol. The molecule has 1 aliphatic carbocycles. The first-order valence-electron chi connectivity index (χ1n) is 8.36. The second-order valence-corrected chi connectivity index (χ2v) is 6.94. The third-order valence-corrected chi connectivity index (χ3v) is 5.50. The maximum Gasteiger partial charge on any atom is 0.226 e. The lowest BCUT2D eigenvalue weighted by atomic mass is 9.75. The van der Waals surface area contributed by atoms with Gasteiger partial charge in [0.05, 0.1) is 12.0 Å². The molecule has 2 heterocycles. The largest absolute Gasteiger partial charge is 0.378 e. The minimum Gasteiger partial charge on any atom is -0.378 e. The number of ether oxygens (including phenoxy) is 1. The van der Waals surface area contributed by atoms with Crippen molar-refractivity contribution in [1.82, 2.24) is 10.6 Å². The predicted molar refractivity (Wildman–Crippen MR) is 78.5 cm³/mol. The van der Waals surface area contributed by atoms with Crippen LogP contribution < -0.4 is 10.6 Å². The van der Waals surface area contributed by atoms with Gasteiger partial charge >= 0.3 is 0 Å². The lowest BCUT2D eigenvalue weighted by molar-refractivity contribution is -0.127. The summed E-state index contributed by atoms with van der Waals surface area (Å²) in [5.41, 5.74) is 0.312. The van der Waals surface area contributed by atoms with Crippen LogP contribution in [-0.2, 0) is 9.53 Å². The van der Waals surface area contributed by atoms with Gasteiger partial charge in [-0.1, -0.05) is 19.3 Å². The Morgan fingerprint density at radius 3 is 2.75 bits per heavy atom. The van der Waals surface area contributed by atoms with Gasteiger partial charge < -0.3 is 15.4 Å². The maximum absolute atomic E-state index is 12.4. The van der Waals surface area contributed by atoms with Crippen LogP contribution in [0.15, 0.2) is 0 Å². The van der Waals surface area contributed by atoms with E-state index in [1.165, 1.54) is 32.1 Å². The molecule has 1 spiro atoms. The molecule has 1 amide bonds. The molecule has 0 radical (unpaired) electrons. The van der Waals surface area contributed by atoms with E-state index in [4.69, 9.17) is 4.74 Å². The smallest absolute Gasteiger partial charge is 0.226 e. The van der Waals surface area contributed by atoms with E-state index in [9.17, 15) is 4.79 Å². The number of amides is 1. The molecule has 0 bridgehead atoms. The first-order valence-corrected chi connectivity index (χ1v) is 8.36. The predicted octanol–water partition coefficient (Wildman–Crippen LogP) is 1.98. The van der Waals surface area contributed by atoms with Crippen LogP contribution in [0.1, 0.15) is 58.3 Å². The number of carbonyl (C=O) groups excluding carboxylic acids is 1. The Hall–Kier alpha value is -0.610. The Bertz CT molecular complexity index is 347. The molecule has 3 aliphatic rings. The summed E-state index contributed by atoms with van der Waals surface area (Å²) in [5, 5.41) is 7.04. The van der Waals surface area contributed by atoms with Gasteiger partial charge in [-0.25, -0.2) is 0 Å². The average molecular weight is 280 g/mol. The van der Waals surface area contributed by atoms with Crippen LogP contribution in [0.3, 0.4) is 0 Å². The van der Waals surface area contributed by atoms with Gasteiger partial charge in [0.2, 0.25) is 5.91 Å². The summed E-state index contributed by atoms with van der Waals surface area (Å²) in [4.78, 5) is 12.4. The molecule has 0 aromatic heterocycles. The highest BCUT2D eigenvalue weighted by Crippen LogP contribution is 2.34. The second kappa shape index (κ2) is 6.02. The van der Waals surface area contributed by atoms with Crippen LogP contribution in [0.5, 0.6) is 0 Å². The number of hydrogen-bond donors (Lipinski definition) is 2. The van der Waals surface area contributed by atoms with Gasteiger partial charge in [0.25, 0.3) is 0 Å². The number of rotatable bonds is 2. The summed E-state index contributed by atoms with van der Waals surface area (Å²) < 4.78 is 5.51. The van der Waals surface area contributed by atoms with Crippen molar-refractivity contribution < 1.29 is 9.53 Å². The fourth-order valence-corrected chi connectivity index (χ4v) is 4.27. The van der Waals surface area contributed by atoms with Gasteiger partial charge in [-0.05, 0) is 45.6 Å². The van der Waals surface area contributed by atoms with Crippen molar-refractivity contribution in [1.29, 1.82) is 0 Å². The SMILES string of the molecule is CC1OCCC1C(=O)NC1CCNC2(CCCCC2)C1. The van der Waals surface area contributed by atoms with Gasteiger partial charge in [0.15, 0.2) is 0 Å². The molecule has 3 atom stereocenters. The van der Waals surface area contributed by atoms with Crippen LogP contribution in [-0.4, -0.2) is 36.7 Å². The molecule has 2 saturated heterocycles. The van der Waals surface area contributed by atoms with Gasteiger partial charge in [-0.2, -0.15) is 0 Å². The first kappa shape index (κ1) is 14.3. The summed E-state index contributed by atoms with van der Waals surface area (Å²) in [6.07, 6.45) is 9.74. The lowest BCUT2D eigenvalue weighted by Gasteiger charge is -2.45. The van der Waals surface area contributed by atoms with Gasteiger partial charge in [0.1, 0.15) is 0 Å². The molecule has 0 aromatic rings. The van der Waals surface area contributed by atoms with Crippen LogP contribution in [0.4, 0.5) is 0 Å². The molecule has 2 aliphatic heterocycles. The molecule has 4 nitrogen and oxygen atoms in total. The summed E-state index contributed by atoms with van der Waals surface area (Å²) in [6.45, 7) is 3.79. The zero-order valence-electron chi connectivity index (χ0n) is 12.6. The Balaban J connectivity index is 1.55. The molecule has 1 saturated carbocycles. The van der Waals surface area contributed by atoms with Crippen molar-refractivity contribution in [3.63, 3.8) is 0 Å². The van der Waals surface area contributed by atoms with E-state index in [0.29, 0.717) is 11.6 Å². The number of carbonyl (C=O) groups is 1. The third-order valence-electron chi connectivity index (χ3n) is 5.50. The minimum absolute atomic E-state index is 0.0622. The number of nitrogens with one attached hydrogen (secondary N) is 2. The van der Waals surface area contributed by atoms with Crippen molar-refractivity contribution in [2.24, 2.45) is 5.92 Å². The van der Waals surface area contributed by atoms with E-state index >= 15 is 0 Å². The van der Waals surface area contributed by atoms with Gasteiger partial charge in [-0.3, -0.25) is 4.79 Å². The zero-order chi connectivity index (χ0) is 14.0.